The molecule has 1 aromatic heterocycles. The van der Waals surface area contributed by atoms with E-state index in [0.29, 0.717) is 5.82 Å². The number of anilines is 1. The van der Waals surface area contributed by atoms with Crippen molar-refractivity contribution in [2.45, 2.75) is 37.8 Å². The molecule has 20 heavy (non-hydrogen) atoms. The zero-order chi connectivity index (χ0) is 14.5. The van der Waals surface area contributed by atoms with Crippen LogP contribution in [0.25, 0.3) is 0 Å². The fourth-order valence-electron chi connectivity index (χ4n) is 2.30. The highest BCUT2D eigenvalue weighted by molar-refractivity contribution is 5.90. The molecule has 0 saturated heterocycles. The minimum atomic E-state index is -0.977. The van der Waals surface area contributed by atoms with E-state index in [1.54, 1.807) is 0 Å². The SMILES string of the molecule is NC(=O)c1cnc(NC2CCC(NC(=O)O)CC2)cn1. The van der Waals surface area contributed by atoms with Crippen molar-refractivity contribution in [3.05, 3.63) is 18.1 Å². The van der Waals surface area contributed by atoms with Gasteiger partial charge in [0.25, 0.3) is 5.91 Å². The average molecular weight is 279 g/mol. The van der Waals surface area contributed by atoms with E-state index in [0.717, 1.165) is 25.7 Å². The third-order valence-corrected chi connectivity index (χ3v) is 3.31. The Morgan fingerprint density at radius 3 is 2.30 bits per heavy atom. The second-order valence-electron chi connectivity index (χ2n) is 4.79. The van der Waals surface area contributed by atoms with Crippen LogP contribution < -0.4 is 16.4 Å². The van der Waals surface area contributed by atoms with Crippen molar-refractivity contribution < 1.29 is 14.7 Å². The van der Waals surface area contributed by atoms with E-state index in [2.05, 4.69) is 20.6 Å². The molecule has 0 atom stereocenters. The van der Waals surface area contributed by atoms with Crippen LogP contribution in [0.5, 0.6) is 0 Å². The number of nitrogens with one attached hydrogen (secondary N) is 2. The molecule has 5 N–H and O–H groups in total. The first-order valence-electron chi connectivity index (χ1n) is 6.42. The van der Waals surface area contributed by atoms with E-state index in [9.17, 15) is 9.59 Å². The summed E-state index contributed by atoms with van der Waals surface area (Å²) in [5.74, 6) is -0.0195. The third kappa shape index (κ3) is 3.81. The van der Waals surface area contributed by atoms with E-state index < -0.39 is 12.0 Å². The van der Waals surface area contributed by atoms with Gasteiger partial charge in [0.15, 0.2) is 0 Å². The van der Waals surface area contributed by atoms with Crippen LogP contribution >= 0.6 is 0 Å². The van der Waals surface area contributed by atoms with Crippen molar-refractivity contribution in [3.8, 4) is 0 Å². The first-order valence-corrected chi connectivity index (χ1v) is 6.42. The van der Waals surface area contributed by atoms with E-state index in [1.807, 2.05) is 0 Å². The van der Waals surface area contributed by atoms with Gasteiger partial charge in [0.05, 0.1) is 12.4 Å². The van der Waals surface area contributed by atoms with Gasteiger partial charge in [0, 0.05) is 12.1 Å². The van der Waals surface area contributed by atoms with Crippen molar-refractivity contribution in [2.75, 3.05) is 5.32 Å². The molecule has 0 aromatic carbocycles. The number of rotatable bonds is 4. The summed E-state index contributed by atoms with van der Waals surface area (Å²) in [7, 11) is 0. The van der Waals surface area contributed by atoms with Gasteiger partial charge in [-0.3, -0.25) is 4.79 Å². The molecule has 8 nitrogen and oxygen atoms in total. The van der Waals surface area contributed by atoms with Crippen LogP contribution in [0.4, 0.5) is 10.6 Å². The Kier molecular flexibility index (Phi) is 4.34. The van der Waals surface area contributed by atoms with Gasteiger partial charge >= 0.3 is 6.09 Å². The second-order valence-corrected chi connectivity index (χ2v) is 4.79. The molecule has 108 valence electrons. The first kappa shape index (κ1) is 14.0. The molecule has 1 aliphatic carbocycles. The minimum absolute atomic E-state index is 0.0221. The van der Waals surface area contributed by atoms with Crippen LogP contribution in [-0.4, -0.2) is 39.2 Å². The largest absolute Gasteiger partial charge is 0.465 e. The number of primary amides is 1. The Hall–Kier alpha value is -2.38. The molecule has 8 heteroatoms. The number of carboxylic acid groups (broad SMARTS) is 1. The zero-order valence-corrected chi connectivity index (χ0v) is 10.9. The zero-order valence-electron chi connectivity index (χ0n) is 10.9. The van der Waals surface area contributed by atoms with Gasteiger partial charge in [-0.05, 0) is 25.7 Å². The molecule has 0 unspecified atom stereocenters. The summed E-state index contributed by atoms with van der Waals surface area (Å²) in [4.78, 5) is 29.4. The summed E-state index contributed by atoms with van der Waals surface area (Å²) in [6, 6.07) is 0.254. The third-order valence-electron chi connectivity index (χ3n) is 3.31. The number of amides is 2. The maximum absolute atomic E-state index is 10.9. The normalized spacial score (nSPS) is 22.0. The number of carbonyl (C=O) groups excluding carboxylic acids is 1. The summed E-state index contributed by atoms with van der Waals surface area (Å²) in [5.41, 5.74) is 5.22. The lowest BCUT2D eigenvalue weighted by molar-refractivity contribution is 0.0995. The fraction of sp³-hybridized carbons (Fsp3) is 0.500. The van der Waals surface area contributed by atoms with Crippen molar-refractivity contribution in [2.24, 2.45) is 5.73 Å². The highest BCUT2D eigenvalue weighted by Gasteiger charge is 2.22. The van der Waals surface area contributed by atoms with Crippen LogP contribution in [0.3, 0.4) is 0 Å². The Balaban J connectivity index is 1.83. The molecule has 2 amide bonds. The van der Waals surface area contributed by atoms with Gasteiger partial charge in [-0.2, -0.15) is 0 Å². The van der Waals surface area contributed by atoms with E-state index in [-0.39, 0.29) is 17.8 Å². The van der Waals surface area contributed by atoms with Gasteiger partial charge in [-0.1, -0.05) is 0 Å². The predicted octanol–water partition coefficient (Wildman–Crippen LogP) is 0.566. The average Bonchev–Trinajstić information content (AvgIpc) is 2.41. The Bertz CT molecular complexity index is 482. The molecule has 1 aliphatic rings. The molecule has 0 aliphatic heterocycles. The molecular weight excluding hydrogens is 262 g/mol. The van der Waals surface area contributed by atoms with Gasteiger partial charge in [-0.25, -0.2) is 14.8 Å². The lowest BCUT2D eigenvalue weighted by Crippen LogP contribution is -2.39. The first-order chi connectivity index (χ1) is 9.54. The topological polar surface area (TPSA) is 130 Å². The van der Waals surface area contributed by atoms with Crippen LogP contribution in [0, 0.1) is 0 Å². The van der Waals surface area contributed by atoms with Crippen LogP contribution in [0.2, 0.25) is 0 Å². The Morgan fingerprint density at radius 1 is 1.15 bits per heavy atom. The molecule has 1 heterocycles. The standard InChI is InChI=1S/C12H17N5O3/c13-11(18)9-5-15-10(6-14-9)16-7-1-3-8(4-2-7)17-12(19)20/h5-8,17H,1-4H2,(H2,13,18)(H,15,16)(H,19,20). The lowest BCUT2D eigenvalue weighted by Gasteiger charge is -2.29. The number of carbonyl (C=O) groups is 2. The molecule has 2 rings (SSSR count). The molecule has 1 aromatic rings. The quantitative estimate of drug-likeness (QED) is 0.637. The minimum Gasteiger partial charge on any atom is -0.465 e. The highest BCUT2D eigenvalue weighted by atomic mass is 16.4. The van der Waals surface area contributed by atoms with E-state index >= 15 is 0 Å². The van der Waals surface area contributed by atoms with E-state index in [1.165, 1.54) is 12.4 Å². The number of aromatic nitrogens is 2. The van der Waals surface area contributed by atoms with Crippen LogP contribution in [0.15, 0.2) is 12.4 Å². The van der Waals surface area contributed by atoms with Crippen molar-refractivity contribution in [1.82, 2.24) is 15.3 Å². The Labute approximate surface area is 115 Å². The van der Waals surface area contributed by atoms with Crippen LogP contribution in [-0.2, 0) is 0 Å². The lowest BCUT2D eigenvalue weighted by atomic mass is 9.91. The maximum atomic E-state index is 10.9. The van der Waals surface area contributed by atoms with Crippen molar-refractivity contribution in [1.29, 1.82) is 0 Å². The molecule has 1 fully saturated rings. The van der Waals surface area contributed by atoms with Crippen molar-refractivity contribution in [3.63, 3.8) is 0 Å². The predicted molar refractivity (Wildman–Crippen MR) is 71.4 cm³/mol. The number of hydrogen-bond acceptors (Lipinski definition) is 5. The maximum Gasteiger partial charge on any atom is 0.404 e. The molecular formula is C12H17N5O3. The van der Waals surface area contributed by atoms with Gasteiger partial charge in [0.2, 0.25) is 0 Å². The number of nitrogens with zero attached hydrogens (tertiary/aromatic N) is 2. The summed E-state index contributed by atoms with van der Waals surface area (Å²) in [6.45, 7) is 0. The van der Waals surface area contributed by atoms with E-state index in [4.69, 9.17) is 10.8 Å². The summed E-state index contributed by atoms with van der Waals surface area (Å²) in [5, 5.41) is 14.4. The second kappa shape index (κ2) is 6.18. The van der Waals surface area contributed by atoms with Gasteiger partial charge in [0.1, 0.15) is 11.5 Å². The Morgan fingerprint density at radius 2 is 1.80 bits per heavy atom. The van der Waals surface area contributed by atoms with Crippen molar-refractivity contribution >= 4 is 17.8 Å². The smallest absolute Gasteiger partial charge is 0.404 e. The highest BCUT2D eigenvalue weighted by Crippen LogP contribution is 2.21. The summed E-state index contributed by atoms with van der Waals surface area (Å²) in [6.07, 6.45) is 5.11. The molecule has 1 saturated carbocycles. The fourth-order valence-corrected chi connectivity index (χ4v) is 2.30. The molecule has 0 bridgehead atoms. The summed E-state index contributed by atoms with van der Waals surface area (Å²) < 4.78 is 0. The molecule has 0 spiro atoms. The van der Waals surface area contributed by atoms with Gasteiger partial charge in [-0.15, -0.1) is 0 Å². The molecule has 0 radical (unpaired) electrons. The van der Waals surface area contributed by atoms with Crippen LogP contribution in [0.1, 0.15) is 36.2 Å². The van der Waals surface area contributed by atoms with Gasteiger partial charge < -0.3 is 21.5 Å². The number of hydrogen-bond donors (Lipinski definition) is 4. The summed E-state index contributed by atoms with van der Waals surface area (Å²) >= 11 is 0. The monoisotopic (exact) mass is 279 g/mol. The number of nitrogens with two attached hydrogens (primary N) is 1.